The Morgan fingerprint density at radius 1 is 1.19 bits per heavy atom. The lowest BCUT2D eigenvalue weighted by Gasteiger charge is -2.19. The second-order valence-corrected chi connectivity index (χ2v) is 6.61. The van der Waals surface area contributed by atoms with E-state index in [1.54, 1.807) is 0 Å². The van der Waals surface area contributed by atoms with Crippen molar-refractivity contribution < 1.29 is 0 Å². The van der Waals surface area contributed by atoms with Crippen molar-refractivity contribution >= 4 is 11.0 Å². The van der Waals surface area contributed by atoms with Gasteiger partial charge in [-0.25, -0.2) is 4.79 Å². The average Bonchev–Trinajstić information content (AvgIpc) is 3.08. The lowest BCUT2D eigenvalue weighted by molar-refractivity contribution is 0.457. The molecule has 0 spiro atoms. The summed E-state index contributed by atoms with van der Waals surface area (Å²) in [5, 5.41) is 3.69. The van der Waals surface area contributed by atoms with Crippen molar-refractivity contribution in [2.45, 2.75) is 38.6 Å². The molecule has 2 aliphatic carbocycles. The normalized spacial score (nSPS) is 29.3. The Morgan fingerprint density at radius 2 is 1.90 bits per heavy atom. The quantitative estimate of drug-likeness (QED) is 0.809. The van der Waals surface area contributed by atoms with Crippen LogP contribution < -0.4 is 11.0 Å². The molecule has 1 aromatic heterocycles. The van der Waals surface area contributed by atoms with Gasteiger partial charge in [0, 0.05) is 6.04 Å². The molecule has 3 unspecified atom stereocenters. The lowest BCUT2D eigenvalue weighted by atomic mass is 9.99. The number of hydrogen-bond acceptors (Lipinski definition) is 2. The summed E-state index contributed by atoms with van der Waals surface area (Å²) in [6.45, 7) is 3.16. The van der Waals surface area contributed by atoms with Crippen molar-refractivity contribution in [1.29, 1.82) is 0 Å². The van der Waals surface area contributed by atoms with Crippen LogP contribution >= 0.6 is 0 Å². The number of benzene rings is 1. The predicted octanol–water partition coefficient (Wildman–Crippen LogP) is 2.94. The van der Waals surface area contributed by atoms with E-state index in [0.29, 0.717) is 6.04 Å². The van der Waals surface area contributed by atoms with Gasteiger partial charge in [0.2, 0.25) is 0 Å². The Kier molecular flexibility index (Phi) is 3.14. The highest BCUT2D eigenvalue weighted by atomic mass is 16.1. The summed E-state index contributed by atoms with van der Waals surface area (Å²) in [4.78, 5) is 17.1. The smallest absolute Gasteiger partial charge is 0.310 e. The molecule has 0 aliphatic heterocycles. The van der Waals surface area contributed by atoms with Gasteiger partial charge < -0.3 is 15.3 Å². The highest BCUT2D eigenvalue weighted by Crippen LogP contribution is 2.60. The van der Waals surface area contributed by atoms with Gasteiger partial charge in [0.15, 0.2) is 0 Å². The summed E-state index contributed by atoms with van der Waals surface area (Å²) < 4.78 is 0. The summed E-state index contributed by atoms with van der Waals surface area (Å²) in [5.41, 5.74) is 3.01. The molecule has 2 aromatic rings. The van der Waals surface area contributed by atoms with Crippen LogP contribution in [-0.2, 0) is 0 Å². The fraction of sp³-hybridized carbons (Fsp3) is 0.588. The third kappa shape index (κ3) is 2.22. The standard InChI is InChI=1S/C17H23N3O/c1-2-18-16(15-11-5-3-4-6-12(11)15)10-7-8-13-14(9-10)20-17(21)19-13/h7-9,11-12,15-16,18H,2-6H2,1H3,(H2,19,20,21). The zero-order chi connectivity index (χ0) is 14.4. The zero-order valence-corrected chi connectivity index (χ0v) is 12.5. The van der Waals surface area contributed by atoms with Crippen molar-refractivity contribution in [3.05, 3.63) is 34.2 Å². The fourth-order valence-electron chi connectivity index (χ4n) is 4.48. The summed E-state index contributed by atoms with van der Waals surface area (Å²) in [6, 6.07) is 6.78. The van der Waals surface area contributed by atoms with E-state index in [-0.39, 0.29) is 5.69 Å². The third-order valence-corrected chi connectivity index (χ3v) is 5.43. The second kappa shape index (κ2) is 5.02. The maximum Gasteiger partial charge on any atom is 0.323 e. The number of imidazole rings is 1. The first-order valence-electron chi connectivity index (χ1n) is 8.23. The molecule has 0 bridgehead atoms. The number of H-pyrrole nitrogens is 2. The Bertz CT molecular complexity index is 689. The highest BCUT2D eigenvalue weighted by Gasteiger charge is 2.54. The van der Waals surface area contributed by atoms with Crippen LogP contribution in [0.4, 0.5) is 0 Å². The Labute approximate surface area is 124 Å². The zero-order valence-electron chi connectivity index (χ0n) is 12.5. The molecule has 2 saturated carbocycles. The van der Waals surface area contributed by atoms with Crippen LogP contribution in [0.15, 0.2) is 23.0 Å². The molecule has 112 valence electrons. The minimum atomic E-state index is -0.123. The van der Waals surface area contributed by atoms with Gasteiger partial charge in [-0.3, -0.25) is 0 Å². The highest BCUT2D eigenvalue weighted by molar-refractivity contribution is 5.75. The molecule has 2 aliphatic rings. The van der Waals surface area contributed by atoms with E-state index < -0.39 is 0 Å². The number of aromatic nitrogens is 2. The number of fused-ring (bicyclic) bond motifs is 2. The molecule has 1 aromatic carbocycles. The van der Waals surface area contributed by atoms with Crippen LogP contribution in [0.3, 0.4) is 0 Å². The fourth-order valence-corrected chi connectivity index (χ4v) is 4.48. The molecule has 3 atom stereocenters. The molecule has 0 radical (unpaired) electrons. The summed E-state index contributed by atoms with van der Waals surface area (Å²) in [5.74, 6) is 2.63. The summed E-state index contributed by atoms with van der Waals surface area (Å²) in [7, 11) is 0. The van der Waals surface area contributed by atoms with Gasteiger partial charge in [0.25, 0.3) is 0 Å². The van der Waals surface area contributed by atoms with Crippen molar-refractivity contribution in [1.82, 2.24) is 15.3 Å². The number of hydrogen-bond donors (Lipinski definition) is 3. The van der Waals surface area contributed by atoms with Crippen LogP contribution in [0.5, 0.6) is 0 Å². The summed E-state index contributed by atoms with van der Waals surface area (Å²) >= 11 is 0. The molecule has 4 rings (SSSR count). The SMILES string of the molecule is CCNC(c1ccc2[nH]c(=O)[nH]c2c1)C1C2CCCCC21. The maximum absolute atomic E-state index is 11.4. The Morgan fingerprint density at radius 3 is 2.62 bits per heavy atom. The summed E-state index contributed by atoms with van der Waals surface area (Å²) in [6.07, 6.45) is 5.61. The molecule has 0 saturated heterocycles. The number of aromatic amines is 2. The van der Waals surface area contributed by atoms with Gasteiger partial charge in [-0.2, -0.15) is 0 Å². The Hall–Kier alpha value is -1.55. The predicted molar refractivity (Wildman–Crippen MR) is 84.3 cm³/mol. The van der Waals surface area contributed by atoms with Gasteiger partial charge in [-0.15, -0.1) is 0 Å². The van der Waals surface area contributed by atoms with E-state index in [9.17, 15) is 4.79 Å². The monoisotopic (exact) mass is 285 g/mol. The van der Waals surface area contributed by atoms with E-state index in [1.165, 1.54) is 31.2 Å². The molecule has 3 N–H and O–H groups in total. The first-order chi connectivity index (χ1) is 10.3. The molecule has 4 nitrogen and oxygen atoms in total. The largest absolute Gasteiger partial charge is 0.323 e. The van der Waals surface area contributed by atoms with Gasteiger partial charge in [-0.05, 0) is 54.8 Å². The van der Waals surface area contributed by atoms with Crippen LogP contribution in [-0.4, -0.2) is 16.5 Å². The van der Waals surface area contributed by atoms with Gasteiger partial charge >= 0.3 is 5.69 Å². The van der Waals surface area contributed by atoms with Crippen molar-refractivity contribution in [3.63, 3.8) is 0 Å². The average molecular weight is 285 g/mol. The molecular weight excluding hydrogens is 262 g/mol. The van der Waals surface area contributed by atoms with E-state index in [4.69, 9.17) is 0 Å². The number of nitrogens with one attached hydrogen (secondary N) is 3. The first kappa shape index (κ1) is 13.1. The van der Waals surface area contributed by atoms with Crippen LogP contribution in [0.25, 0.3) is 11.0 Å². The van der Waals surface area contributed by atoms with Gasteiger partial charge in [0.05, 0.1) is 11.0 Å². The van der Waals surface area contributed by atoms with E-state index in [2.05, 4.69) is 34.3 Å². The lowest BCUT2D eigenvalue weighted by Crippen LogP contribution is -2.23. The minimum absolute atomic E-state index is 0.123. The number of rotatable bonds is 4. The molecule has 4 heteroatoms. The Balaban J connectivity index is 1.67. The maximum atomic E-state index is 11.4. The first-order valence-corrected chi connectivity index (χ1v) is 8.23. The molecule has 21 heavy (non-hydrogen) atoms. The van der Waals surface area contributed by atoms with E-state index >= 15 is 0 Å². The second-order valence-electron chi connectivity index (χ2n) is 6.61. The van der Waals surface area contributed by atoms with E-state index in [1.807, 2.05) is 6.07 Å². The molecule has 2 fully saturated rings. The minimum Gasteiger partial charge on any atom is -0.310 e. The molecular formula is C17H23N3O. The van der Waals surface area contributed by atoms with Crippen LogP contribution in [0.1, 0.15) is 44.2 Å². The van der Waals surface area contributed by atoms with Crippen molar-refractivity contribution in [3.8, 4) is 0 Å². The van der Waals surface area contributed by atoms with E-state index in [0.717, 1.165) is 35.3 Å². The topological polar surface area (TPSA) is 60.7 Å². The van der Waals surface area contributed by atoms with Crippen LogP contribution in [0.2, 0.25) is 0 Å². The van der Waals surface area contributed by atoms with Crippen molar-refractivity contribution in [2.75, 3.05) is 6.54 Å². The van der Waals surface area contributed by atoms with Crippen molar-refractivity contribution in [2.24, 2.45) is 17.8 Å². The molecule has 0 amide bonds. The third-order valence-electron chi connectivity index (χ3n) is 5.43. The van der Waals surface area contributed by atoms with Crippen LogP contribution in [0, 0.1) is 17.8 Å². The van der Waals surface area contributed by atoms with Gasteiger partial charge in [-0.1, -0.05) is 25.8 Å². The van der Waals surface area contributed by atoms with Gasteiger partial charge in [0.1, 0.15) is 0 Å². The molecule has 1 heterocycles.